The third-order valence-corrected chi connectivity index (χ3v) is 4.62. The van der Waals surface area contributed by atoms with Gasteiger partial charge < -0.3 is 0 Å². The molecule has 3 aromatic rings. The Hall–Kier alpha value is -3.04. The molecule has 0 aliphatic carbocycles. The lowest BCUT2D eigenvalue weighted by Gasteiger charge is -2.03. The van der Waals surface area contributed by atoms with E-state index in [1.807, 2.05) is 48.5 Å². The molecule has 0 bridgehead atoms. The predicted molar refractivity (Wildman–Crippen MR) is 105 cm³/mol. The van der Waals surface area contributed by atoms with Crippen LogP contribution in [-0.2, 0) is 11.2 Å². The Balaban J connectivity index is 1.84. The molecule has 2 aromatic carbocycles. The second kappa shape index (κ2) is 7.89. The van der Waals surface area contributed by atoms with Crippen LogP contribution >= 0.6 is 11.3 Å². The first-order valence-electron chi connectivity index (χ1n) is 8.30. The van der Waals surface area contributed by atoms with Gasteiger partial charge in [-0.1, -0.05) is 67.6 Å². The van der Waals surface area contributed by atoms with Gasteiger partial charge in [-0.3, -0.25) is 10.1 Å². The van der Waals surface area contributed by atoms with E-state index in [0.717, 1.165) is 27.8 Å². The van der Waals surface area contributed by atoms with E-state index in [1.54, 1.807) is 6.08 Å². The SMILES string of the molecule is CC(C)Cc1nnc(NC(=O)/C(C#N)=C\c2cccc3ccccc23)s1. The lowest BCUT2D eigenvalue weighted by Crippen LogP contribution is -2.13. The van der Waals surface area contributed by atoms with Gasteiger partial charge in [-0.15, -0.1) is 10.2 Å². The second-order valence-corrected chi connectivity index (χ2v) is 7.35. The summed E-state index contributed by atoms with van der Waals surface area (Å²) in [5.41, 5.74) is 0.856. The number of benzene rings is 2. The summed E-state index contributed by atoms with van der Waals surface area (Å²) < 4.78 is 0. The van der Waals surface area contributed by atoms with Gasteiger partial charge in [0, 0.05) is 6.42 Å². The van der Waals surface area contributed by atoms with Crippen LogP contribution in [0.1, 0.15) is 24.4 Å². The molecule has 1 heterocycles. The molecule has 1 amide bonds. The van der Waals surface area contributed by atoms with Gasteiger partial charge in [-0.2, -0.15) is 5.26 Å². The highest BCUT2D eigenvalue weighted by Crippen LogP contribution is 2.22. The topological polar surface area (TPSA) is 78.7 Å². The van der Waals surface area contributed by atoms with Crippen LogP contribution in [0, 0.1) is 17.2 Å². The number of carbonyl (C=O) groups is 1. The van der Waals surface area contributed by atoms with E-state index >= 15 is 0 Å². The zero-order valence-corrected chi connectivity index (χ0v) is 15.4. The quantitative estimate of drug-likeness (QED) is 0.538. The van der Waals surface area contributed by atoms with Crippen molar-refractivity contribution in [3.05, 3.63) is 58.6 Å². The molecule has 0 aliphatic heterocycles. The van der Waals surface area contributed by atoms with E-state index in [-0.39, 0.29) is 5.57 Å². The maximum atomic E-state index is 12.5. The van der Waals surface area contributed by atoms with Gasteiger partial charge in [0.2, 0.25) is 5.13 Å². The summed E-state index contributed by atoms with van der Waals surface area (Å²) in [6.07, 6.45) is 2.41. The molecule has 6 heteroatoms. The second-order valence-electron chi connectivity index (χ2n) is 6.29. The standard InChI is InChI=1S/C20H18N4OS/c1-13(2)10-18-23-24-20(26-18)22-19(25)16(12-21)11-15-8-5-7-14-6-3-4-9-17(14)15/h3-9,11,13H,10H2,1-2H3,(H,22,24,25)/b16-11-. The summed E-state index contributed by atoms with van der Waals surface area (Å²) in [7, 11) is 0. The van der Waals surface area contributed by atoms with E-state index in [1.165, 1.54) is 11.3 Å². The lowest BCUT2D eigenvalue weighted by molar-refractivity contribution is -0.112. The maximum absolute atomic E-state index is 12.5. The van der Waals surface area contributed by atoms with Gasteiger partial charge in [0.25, 0.3) is 5.91 Å². The van der Waals surface area contributed by atoms with Crippen LogP contribution in [0.2, 0.25) is 0 Å². The third-order valence-electron chi connectivity index (χ3n) is 3.76. The highest BCUT2D eigenvalue weighted by atomic mass is 32.1. The molecule has 130 valence electrons. The molecule has 0 radical (unpaired) electrons. The monoisotopic (exact) mass is 362 g/mol. The van der Waals surface area contributed by atoms with Gasteiger partial charge in [-0.05, 0) is 28.3 Å². The van der Waals surface area contributed by atoms with Gasteiger partial charge in [-0.25, -0.2) is 0 Å². The van der Waals surface area contributed by atoms with Crippen LogP contribution in [-0.4, -0.2) is 16.1 Å². The van der Waals surface area contributed by atoms with Crippen LogP contribution < -0.4 is 5.32 Å². The van der Waals surface area contributed by atoms with Gasteiger partial charge in [0.15, 0.2) is 0 Å². The van der Waals surface area contributed by atoms with E-state index in [2.05, 4.69) is 29.4 Å². The molecule has 26 heavy (non-hydrogen) atoms. The number of fused-ring (bicyclic) bond motifs is 1. The number of rotatable bonds is 5. The fourth-order valence-electron chi connectivity index (χ4n) is 2.58. The number of nitriles is 1. The Bertz CT molecular complexity index is 1010. The number of hydrogen-bond acceptors (Lipinski definition) is 5. The highest BCUT2D eigenvalue weighted by molar-refractivity contribution is 7.15. The Morgan fingerprint density at radius 2 is 2.00 bits per heavy atom. The minimum Gasteiger partial charge on any atom is -0.296 e. The van der Waals surface area contributed by atoms with E-state index in [4.69, 9.17) is 0 Å². The highest BCUT2D eigenvalue weighted by Gasteiger charge is 2.14. The van der Waals surface area contributed by atoms with Crippen molar-refractivity contribution in [2.24, 2.45) is 5.92 Å². The fourth-order valence-corrected chi connectivity index (χ4v) is 3.53. The largest absolute Gasteiger partial charge is 0.296 e. The molecular formula is C20H18N4OS. The number of nitrogens with one attached hydrogen (secondary N) is 1. The van der Waals surface area contributed by atoms with Crippen molar-refractivity contribution in [3.8, 4) is 6.07 Å². The number of aromatic nitrogens is 2. The molecule has 0 saturated heterocycles. The lowest BCUT2D eigenvalue weighted by atomic mass is 10.0. The predicted octanol–water partition coefficient (Wildman–Crippen LogP) is 4.44. The number of amides is 1. The molecule has 3 rings (SSSR count). The number of carbonyl (C=O) groups excluding carboxylic acids is 1. The van der Waals surface area contributed by atoms with Crippen LogP contribution in [0.5, 0.6) is 0 Å². The molecule has 1 aromatic heterocycles. The van der Waals surface area contributed by atoms with E-state index in [0.29, 0.717) is 11.0 Å². The summed E-state index contributed by atoms with van der Waals surface area (Å²) in [6, 6.07) is 15.6. The Morgan fingerprint density at radius 1 is 1.23 bits per heavy atom. The number of anilines is 1. The number of hydrogen-bond donors (Lipinski definition) is 1. The molecule has 5 nitrogen and oxygen atoms in total. The zero-order valence-electron chi connectivity index (χ0n) is 14.6. The summed E-state index contributed by atoms with van der Waals surface area (Å²) in [5, 5.41) is 23.5. The minimum absolute atomic E-state index is 0.0296. The minimum atomic E-state index is -0.479. The molecule has 0 atom stereocenters. The molecule has 1 N–H and O–H groups in total. The summed E-state index contributed by atoms with van der Waals surface area (Å²) in [5.74, 6) is -0.0138. The molecular weight excluding hydrogens is 344 g/mol. The van der Waals surface area contributed by atoms with Crippen molar-refractivity contribution in [3.63, 3.8) is 0 Å². The first-order valence-corrected chi connectivity index (χ1v) is 9.11. The van der Waals surface area contributed by atoms with Crippen molar-refractivity contribution in [1.29, 1.82) is 5.26 Å². The first-order chi connectivity index (χ1) is 12.6. The Labute approximate surface area is 156 Å². The van der Waals surface area contributed by atoms with Gasteiger partial charge in [0.1, 0.15) is 16.6 Å². The van der Waals surface area contributed by atoms with Crippen LogP contribution in [0.15, 0.2) is 48.0 Å². The van der Waals surface area contributed by atoms with Gasteiger partial charge >= 0.3 is 0 Å². The van der Waals surface area contributed by atoms with Gasteiger partial charge in [0.05, 0.1) is 0 Å². The van der Waals surface area contributed by atoms with Crippen molar-refractivity contribution in [2.45, 2.75) is 20.3 Å². The smallest absolute Gasteiger partial charge is 0.268 e. The van der Waals surface area contributed by atoms with Crippen LogP contribution in [0.25, 0.3) is 16.8 Å². The maximum Gasteiger partial charge on any atom is 0.268 e. The summed E-state index contributed by atoms with van der Waals surface area (Å²) >= 11 is 1.34. The average molecular weight is 362 g/mol. The normalized spacial score (nSPS) is 11.5. The molecule has 0 unspecified atom stereocenters. The van der Waals surface area contributed by atoms with Crippen molar-refractivity contribution in [1.82, 2.24) is 10.2 Å². The molecule has 0 aliphatic rings. The van der Waals surface area contributed by atoms with Crippen molar-refractivity contribution < 1.29 is 4.79 Å². The van der Waals surface area contributed by atoms with Crippen molar-refractivity contribution >= 4 is 39.2 Å². The van der Waals surface area contributed by atoms with Crippen LogP contribution in [0.4, 0.5) is 5.13 Å². The molecule has 0 spiro atoms. The third kappa shape index (κ3) is 4.13. The summed E-state index contributed by atoms with van der Waals surface area (Å²) in [4.78, 5) is 12.5. The van der Waals surface area contributed by atoms with E-state index in [9.17, 15) is 10.1 Å². The number of nitrogens with zero attached hydrogens (tertiary/aromatic N) is 3. The van der Waals surface area contributed by atoms with Crippen molar-refractivity contribution in [2.75, 3.05) is 5.32 Å². The Morgan fingerprint density at radius 3 is 2.77 bits per heavy atom. The summed E-state index contributed by atoms with van der Waals surface area (Å²) in [6.45, 7) is 4.20. The fraction of sp³-hybridized carbons (Fsp3) is 0.200. The van der Waals surface area contributed by atoms with E-state index < -0.39 is 5.91 Å². The molecule has 0 fully saturated rings. The average Bonchev–Trinajstić information content (AvgIpc) is 3.05. The Kier molecular flexibility index (Phi) is 5.40. The van der Waals surface area contributed by atoms with Crippen LogP contribution in [0.3, 0.4) is 0 Å². The zero-order chi connectivity index (χ0) is 18.5. The molecule has 0 saturated carbocycles. The first kappa shape index (κ1) is 17.8.